The first kappa shape index (κ1) is 18.5. The fourth-order valence-electron chi connectivity index (χ4n) is 4.83. The average molecular weight is 437 g/mol. The van der Waals surface area contributed by atoms with Gasteiger partial charge in [-0.25, -0.2) is 19.3 Å². The number of pyridine rings is 1. The number of carbonyl (C=O) groups is 1. The van der Waals surface area contributed by atoms with Crippen LogP contribution in [0.15, 0.2) is 42.5 Å². The number of H-pyrrole nitrogens is 1. The van der Waals surface area contributed by atoms with E-state index in [1.165, 1.54) is 17.8 Å². The molecule has 9 heteroatoms. The number of amides is 1. The lowest BCUT2D eigenvalue weighted by Crippen LogP contribution is -2.50. The molecule has 4 heterocycles. The van der Waals surface area contributed by atoms with E-state index in [2.05, 4.69) is 26.3 Å². The highest BCUT2D eigenvalue weighted by Gasteiger charge is 2.42. The summed E-state index contributed by atoms with van der Waals surface area (Å²) in [6, 6.07) is 1.32. The van der Waals surface area contributed by atoms with Gasteiger partial charge in [0.15, 0.2) is 5.82 Å². The monoisotopic (exact) mass is 436 g/mol. The van der Waals surface area contributed by atoms with E-state index in [4.69, 9.17) is 16.6 Å². The van der Waals surface area contributed by atoms with Crippen LogP contribution in [0, 0.1) is 11.7 Å². The van der Waals surface area contributed by atoms with Gasteiger partial charge >= 0.3 is 0 Å². The summed E-state index contributed by atoms with van der Waals surface area (Å²) in [5.41, 5.74) is 3.29. The van der Waals surface area contributed by atoms with E-state index in [9.17, 15) is 9.18 Å². The zero-order chi connectivity index (χ0) is 21.3. The van der Waals surface area contributed by atoms with E-state index in [0.29, 0.717) is 39.0 Å². The molecule has 31 heavy (non-hydrogen) atoms. The number of rotatable bonds is 3. The number of halogens is 2. The summed E-state index contributed by atoms with van der Waals surface area (Å²) in [5.74, 6) is 0.387. The van der Waals surface area contributed by atoms with E-state index in [1.54, 1.807) is 19.3 Å². The highest BCUT2D eigenvalue weighted by molar-refractivity contribution is 6.35. The van der Waals surface area contributed by atoms with E-state index in [-0.39, 0.29) is 18.0 Å². The average Bonchev–Trinajstić information content (AvgIpc) is 3.27. The van der Waals surface area contributed by atoms with Crippen molar-refractivity contribution in [3.05, 3.63) is 53.3 Å². The van der Waals surface area contributed by atoms with Gasteiger partial charge in [-0.15, -0.1) is 0 Å². The van der Waals surface area contributed by atoms with Crippen LogP contribution in [-0.2, 0) is 4.79 Å². The molecule has 1 saturated carbocycles. The Morgan fingerprint density at radius 1 is 1.29 bits per heavy atom. The number of fused-ring (bicyclic) bond motifs is 4. The van der Waals surface area contributed by atoms with Crippen LogP contribution in [0.2, 0.25) is 5.02 Å². The van der Waals surface area contributed by atoms with Crippen molar-refractivity contribution in [3.63, 3.8) is 0 Å². The minimum absolute atomic E-state index is 0.0218. The van der Waals surface area contributed by atoms with Crippen LogP contribution in [0.4, 0.5) is 4.39 Å². The topological polar surface area (TPSA) is 88.5 Å². The molecule has 0 spiro atoms. The van der Waals surface area contributed by atoms with E-state index in [0.717, 1.165) is 18.2 Å². The molecule has 2 N–H and O–H groups in total. The second kappa shape index (κ2) is 6.62. The molecule has 7 rings (SSSR count). The molecule has 0 saturated heterocycles. The summed E-state index contributed by atoms with van der Waals surface area (Å²) in [7, 11) is 0. The van der Waals surface area contributed by atoms with Crippen molar-refractivity contribution in [2.75, 3.05) is 0 Å². The lowest BCUT2D eigenvalue weighted by atomic mass is 9.67. The van der Waals surface area contributed by atoms with Crippen LogP contribution in [-0.4, -0.2) is 36.5 Å². The van der Waals surface area contributed by atoms with Crippen molar-refractivity contribution < 1.29 is 9.18 Å². The minimum atomic E-state index is -0.424. The van der Waals surface area contributed by atoms with Gasteiger partial charge in [0.2, 0.25) is 5.91 Å². The van der Waals surface area contributed by atoms with Crippen molar-refractivity contribution in [1.29, 1.82) is 0 Å². The number of nitrogens with one attached hydrogen (secondary N) is 2. The van der Waals surface area contributed by atoms with Gasteiger partial charge in [0.05, 0.1) is 28.7 Å². The van der Waals surface area contributed by atoms with E-state index < -0.39 is 5.82 Å². The molecule has 2 atom stereocenters. The summed E-state index contributed by atoms with van der Waals surface area (Å²) >= 11 is 6.52. The highest BCUT2D eigenvalue weighted by atomic mass is 35.5. The maximum atomic E-state index is 13.8. The molecule has 4 aromatic rings. The van der Waals surface area contributed by atoms with Crippen LogP contribution in [0.3, 0.4) is 0 Å². The standard InChI is InChI=1S/C22H18ClFN6O/c1-10(31)28-19-12-2-11(3-12)4-18(19)30-9-17(23)16-8-27-21(29-22(16)30)15-7-26-20-14(15)5-13(24)6-25-20/h4-9,12,18-19H,2-3H2,1H3,(H,25,26)(H,28,31)/t18-,19-/m0/s1. The van der Waals surface area contributed by atoms with E-state index >= 15 is 0 Å². The Morgan fingerprint density at radius 3 is 2.94 bits per heavy atom. The first-order chi connectivity index (χ1) is 15.0. The molecule has 1 amide bonds. The molecular weight excluding hydrogens is 419 g/mol. The number of carbonyl (C=O) groups excluding carboxylic acids is 1. The predicted octanol–water partition coefficient (Wildman–Crippen LogP) is 4.16. The molecule has 3 aliphatic rings. The number of hydrogen-bond acceptors (Lipinski definition) is 4. The van der Waals surface area contributed by atoms with Gasteiger partial charge in [0, 0.05) is 36.5 Å². The van der Waals surface area contributed by atoms with Crippen LogP contribution in [0.5, 0.6) is 0 Å². The summed E-state index contributed by atoms with van der Waals surface area (Å²) in [6.45, 7) is 1.54. The number of nitrogens with zero attached hydrogens (tertiary/aromatic N) is 4. The molecular formula is C22H18ClFN6O. The van der Waals surface area contributed by atoms with Crippen LogP contribution in [0.25, 0.3) is 33.5 Å². The predicted molar refractivity (Wildman–Crippen MR) is 115 cm³/mol. The lowest BCUT2D eigenvalue weighted by Gasteiger charge is -2.45. The second-order valence-electron chi connectivity index (χ2n) is 8.28. The minimum Gasteiger partial charge on any atom is -0.351 e. The molecule has 0 radical (unpaired) electrons. The smallest absolute Gasteiger partial charge is 0.217 e. The molecule has 4 aromatic heterocycles. The van der Waals surface area contributed by atoms with Gasteiger partial charge in [-0.2, -0.15) is 0 Å². The van der Waals surface area contributed by atoms with Crippen LogP contribution < -0.4 is 5.32 Å². The summed E-state index contributed by atoms with van der Waals surface area (Å²) in [5, 5.41) is 5.01. The van der Waals surface area contributed by atoms with Gasteiger partial charge in [0.1, 0.15) is 17.1 Å². The quantitative estimate of drug-likeness (QED) is 0.472. The van der Waals surface area contributed by atoms with Gasteiger partial charge in [-0.05, 0) is 24.8 Å². The Labute approximate surface area is 181 Å². The maximum Gasteiger partial charge on any atom is 0.217 e. The van der Waals surface area contributed by atoms with Gasteiger partial charge < -0.3 is 14.9 Å². The Morgan fingerprint density at radius 2 is 2.13 bits per heavy atom. The van der Waals surface area contributed by atoms with Gasteiger partial charge in [0.25, 0.3) is 0 Å². The Kier molecular flexibility index (Phi) is 3.95. The fourth-order valence-corrected chi connectivity index (χ4v) is 5.07. The Hall–Kier alpha value is -3.26. The normalized spacial score (nSPS) is 22.4. The van der Waals surface area contributed by atoms with Gasteiger partial charge in [-0.3, -0.25) is 4.79 Å². The zero-order valence-corrected chi connectivity index (χ0v) is 17.3. The molecule has 0 aromatic carbocycles. The summed E-state index contributed by atoms with van der Waals surface area (Å²) in [6.07, 6.45) is 10.7. The molecule has 1 fully saturated rings. The molecule has 2 bridgehead atoms. The van der Waals surface area contributed by atoms with E-state index in [1.807, 2.05) is 10.8 Å². The molecule has 156 valence electrons. The SMILES string of the molecule is CC(=O)N[C@H]1C2CC(=C[C@@H]1n1cc(Cl)c3cnc(-c4c[nH]c5ncc(F)cc45)nc31)C2. The van der Waals surface area contributed by atoms with Crippen molar-refractivity contribution in [3.8, 4) is 11.4 Å². The van der Waals surface area contributed by atoms with Crippen molar-refractivity contribution in [1.82, 2.24) is 29.8 Å². The summed E-state index contributed by atoms with van der Waals surface area (Å²) < 4.78 is 15.8. The largest absolute Gasteiger partial charge is 0.351 e. The zero-order valence-electron chi connectivity index (χ0n) is 16.6. The lowest BCUT2D eigenvalue weighted by molar-refractivity contribution is -0.120. The second-order valence-corrected chi connectivity index (χ2v) is 8.68. The number of allylic oxidation sites excluding steroid dienone is 1. The molecule has 0 unspecified atom stereocenters. The number of aromatic nitrogens is 5. The molecule has 0 aliphatic heterocycles. The summed E-state index contributed by atoms with van der Waals surface area (Å²) in [4.78, 5) is 28.2. The maximum absolute atomic E-state index is 13.8. The Balaban J connectivity index is 1.51. The van der Waals surface area contributed by atoms with Crippen LogP contribution >= 0.6 is 11.6 Å². The van der Waals surface area contributed by atoms with Crippen LogP contribution in [0.1, 0.15) is 25.8 Å². The number of aromatic amines is 1. The first-order valence-corrected chi connectivity index (χ1v) is 10.5. The van der Waals surface area contributed by atoms with Crippen molar-refractivity contribution in [2.45, 2.75) is 31.8 Å². The van der Waals surface area contributed by atoms with Gasteiger partial charge in [-0.1, -0.05) is 23.3 Å². The molecule has 7 nitrogen and oxygen atoms in total. The first-order valence-electron chi connectivity index (χ1n) is 10.1. The third kappa shape index (κ3) is 2.85. The Bertz CT molecular complexity index is 1400. The highest BCUT2D eigenvalue weighted by Crippen LogP contribution is 2.46. The third-order valence-electron chi connectivity index (χ3n) is 6.28. The van der Waals surface area contributed by atoms with Crippen molar-refractivity contribution in [2.24, 2.45) is 5.92 Å². The fraction of sp³-hybridized carbons (Fsp3) is 0.273. The van der Waals surface area contributed by atoms with Crippen molar-refractivity contribution >= 4 is 39.6 Å². The number of hydrogen-bond donors (Lipinski definition) is 2. The third-order valence-corrected chi connectivity index (χ3v) is 6.58. The molecule has 3 aliphatic carbocycles.